The van der Waals surface area contributed by atoms with Crippen LogP contribution in [0.2, 0.25) is 5.02 Å². The summed E-state index contributed by atoms with van der Waals surface area (Å²) in [6, 6.07) is 6.58. The summed E-state index contributed by atoms with van der Waals surface area (Å²) in [5, 5.41) is 12.1. The van der Waals surface area contributed by atoms with E-state index in [1.807, 2.05) is 37.3 Å². The second kappa shape index (κ2) is 11.2. The fourth-order valence-corrected chi connectivity index (χ4v) is 6.13. The number of nitrogen functional groups attached to an aromatic ring is 1. The zero-order chi connectivity index (χ0) is 27.7. The maximum atomic E-state index is 14.5. The molecule has 39 heavy (non-hydrogen) atoms. The van der Waals surface area contributed by atoms with Crippen molar-refractivity contribution in [1.82, 2.24) is 9.80 Å². The highest BCUT2D eigenvalue weighted by Gasteiger charge is 2.53. The molecule has 0 amide bonds. The third-order valence-electron chi connectivity index (χ3n) is 8.27. The minimum absolute atomic E-state index is 0.103. The fraction of sp³-hybridized carbons (Fsp3) is 0.467. The Bertz CT molecular complexity index is 1280. The Morgan fingerprint density at radius 2 is 2.03 bits per heavy atom. The van der Waals surface area contributed by atoms with Gasteiger partial charge in [0, 0.05) is 79.7 Å². The predicted molar refractivity (Wildman–Crippen MR) is 156 cm³/mol. The maximum Gasteiger partial charge on any atom is 0.152 e. The first-order chi connectivity index (χ1) is 18.7. The average molecular weight is 554 g/mol. The van der Waals surface area contributed by atoms with E-state index < -0.39 is 0 Å². The lowest BCUT2D eigenvalue weighted by molar-refractivity contribution is -0.117. The molecule has 5 rings (SSSR count). The smallest absolute Gasteiger partial charge is 0.152 e. The van der Waals surface area contributed by atoms with Crippen LogP contribution in [0.4, 0.5) is 15.8 Å². The van der Waals surface area contributed by atoms with Crippen molar-refractivity contribution in [2.75, 3.05) is 51.3 Å². The SMILES string of the molecule is CN(C)/C=C\c1c(OC2CC3(C2)CN(CCNc2cc(C(=N)C4CCC4)c(N)cc2F)C3)ccc(Cl)c1C=O. The highest BCUT2D eigenvalue weighted by atomic mass is 35.5. The molecule has 2 saturated carbocycles. The summed E-state index contributed by atoms with van der Waals surface area (Å²) >= 11 is 6.25. The first-order valence-corrected chi connectivity index (χ1v) is 14.0. The van der Waals surface area contributed by atoms with E-state index in [0.29, 0.717) is 51.1 Å². The molecule has 2 aliphatic carbocycles. The molecule has 3 fully saturated rings. The molecule has 1 aliphatic heterocycles. The number of halogens is 2. The summed E-state index contributed by atoms with van der Waals surface area (Å²) in [6.07, 6.45) is 9.70. The second-order valence-electron chi connectivity index (χ2n) is 11.5. The van der Waals surface area contributed by atoms with Gasteiger partial charge in [-0.1, -0.05) is 18.0 Å². The average Bonchev–Trinajstić information content (AvgIpc) is 2.80. The number of nitrogens with two attached hydrogens (primary N) is 1. The normalized spacial score (nSPS) is 18.9. The highest BCUT2D eigenvalue weighted by Crippen LogP contribution is 2.50. The molecular weight excluding hydrogens is 517 g/mol. The lowest BCUT2D eigenvalue weighted by Crippen LogP contribution is -2.65. The van der Waals surface area contributed by atoms with Crippen LogP contribution < -0.4 is 15.8 Å². The fourth-order valence-electron chi connectivity index (χ4n) is 5.92. The molecule has 0 bridgehead atoms. The van der Waals surface area contributed by atoms with E-state index in [4.69, 9.17) is 27.5 Å². The van der Waals surface area contributed by atoms with Crippen LogP contribution >= 0.6 is 11.6 Å². The molecule has 0 atom stereocenters. The van der Waals surface area contributed by atoms with Gasteiger partial charge in [-0.05, 0) is 62.2 Å². The Kier molecular flexibility index (Phi) is 7.87. The number of anilines is 2. The molecule has 1 saturated heterocycles. The summed E-state index contributed by atoms with van der Waals surface area (Å²) in [6.45, 7) is 3.41. The molecule has 1 spiro atoms. The van der Waals surface area contributed by atoms with E-state index in [9.17, 15) is 9.18 Å². The van der Waals surface area contributed by atoms with Gasteiger partial charge in [0.2, 0.25) is 0 Å². The number of nitrogens with one attached hydrogen (secondary N) is 2. The van der Waals surface area contributed by atoms with Gasteiger partial charge in [0.15, 0.2) is 6.29 Å². The molecule has 1 heterocycles. The molecule has 2 aromatic carbocycles. The Morgan fingerprint density at radius 3 is 2.67 bits per heavy atom. The van der Waals surface area contributed by atoms with Crippen LogP contribution in [0.25, 0.3) is 6.08 Å². The van der Waals surface area contributed by atoms with Crippen LogP contribution in [0, 0.1) is 22.6 Å². The number of rotatable bonds is 11. The number of nitrogens with zero attached hydrogens (tertiary/aromatic N) is 2. The molecule has 0 unspecified atom stereocenters. The summed E-state index contributed by atoms with van der Waals surface area (Å²) in [4.78, 5) is 15.9. The second-order valence-corrected chi connectivity index (χ2v) is 11.9. The minimum atomic E-state index is -0.378. The number of benzene rings is 2. The van der Waals surface area contributed by atoms with Gasteiger partial charge in [0.25, 0.3) is 0 Å². The van der Waals surface area contributed by atoms with Crippen molar-refractivity contribution < 1.29 is 13.9 Å². The van der Waals surface area contributed by atoms with Gasteiger partial charge < -0.3 is 31.0 Å². The molecular formula is C30H37ClFN5O2. The van der Waals surface area contributed by atoms with Crippen molar-refractivity contribution in [3.8, 4) is 5.75 Å². The molecule has 208 valence electrons. The van der Waals surface area contributed by atoms with Crippen molar-refractivity contribution in [3.05, 3.63) is 58.0 Å². The van der Waals surface area contributed by atoms with Crippen molar-refractivity contribution in [3.63, 3.8) is 0 Å². The molecule has 7 nitrogen and oxygen atoms in total. The summed E-state index contributed by atoms with van der Waals surface area (Å²) in [5.74, 6) is 0.539. The zero-order valence-electron chi connectivity index (χ0n) is 22.6. The Labute approximate surface area is 234 Å². The van der Waals surface area contributed by atoms with E-state index in [1.54, 1.807) is 12.1 Å². The predicted octanol–water partition coefficient (Wildman–Crippen LogP) is 5.53. The minimum Gasteiger partial charge on any atom is -0.490 e. The number of carbonyl (C=O) groups is 1. The van der Waals surface area contributed by atoms with E-state index >= 15 is 0 Å². The van der Waals surface area contributed by atoms with Gasteiger partial charge in [0.05, 0.1) is 16.8 Å². The number of hydrogen-bond donors (Lipinski definition) is 3. The van der Waals surface area contributed by atoms with Gasteiger partial charge in [-0.25, -0.2) is 4.39 Å². The standard InChI is InChI=1S/C30H37ClFN5O2/c1-36(2)10-8-21-23(16-38)24(31)6-7-28(21)39-20-14-30(15-20)17-37(18-30)11-9-35-27-12-22(26(33)13-25(27)32)29(34)19-4-3-5-19/h6-8,10,12-13,16,19-20,34-35H,3-5,9,11,14-15,17-18,33H2,1-2H3/b10-8-,34-29?. The molecule has 0 aromatic heterocycles. The van der Waals surface area contributed by atoms with Gasteiger partial charge in [-0.15, -0.1) is 0 Å². The molecule has 4 N–H and O–H groups in total. The largest absolute Gasteiger partial charge is 0.490 e. The summed E-state index contributed by atoms with van der Waals surface area (Å²) < 4.78 is 20.8. The number of likely N-dealkylation sites (tertiary alicyclic amines) is 1. The molecule has 9 heteroatoms. The van der Waals surface area contributed by atoms with Crippen molar-refractivity contribution in [1.29, 1.82) is 5.41 Å². The van der Waals surface area contributed by atoms with Gasteiger partial charge in [-0.2, -0.15) is 0 Å². The highest BCUT2D eigenvalue weighted by molar-refractivity contribution is 6.33. The first kappa shape index (κ1) is 27.5. The van der Waals surface area contributed by atoms with Crippen LogP contribution in [0.1, 0.15) is 53.6 Å². The molecule has 0 radical (unpaired) electrons. The Hall–Kier alpha value is -3.10. The van der Waals surface area contributed by atoms with Crippen LogP contribution in [0.5, 0.6) is 5.75 Å². The quantitative estimate of drug-likeness (QED) is 0.192. The van der Waals surface area contributed by atoms with Crippen molar-refractivity contribution in [2.24, 2.45) is 11.3 Å². The number of aldehydes is 1. The van der Waals surface area contributed by atoms with Gasteiger partial charge in [-0.3, -0.25) is 4.79 Å². The lowest BCUT2D eigenvalue weighted by atomic mass is 9.61. The monoisotopic (exact) mass is 553 g/mol. The van der Waals surface area contributed by atoms with Gasteiger partial charge in [0.1, 0.15) is 11.6 Å². The third kappa shape index (κ3) is 5.77. The van der Waals surface area contributed by atoms with E-state index in [1.165, 1.54) is 6.07 Å². The number of carbonyl (C=O) groups excluding carboxylic acids is 1. The number of hydrogen-bond acceptors (Lipinski definition) is 7. The topological polar surface area (TPSA) is 94.7 Å². The van der Waals surface area contributed by atoms with E-state index in [0.717, 1.165) is 58.0 Å². The van der Waals surface area contributed by atoms with Crippen LogP contribution in [-0.4, -0.2) is 68.2 Å². The number of ether oxygens (including phenoxy) is 1. The molecule has 2 aromatic rings. The third-order valence-corrected chi connectivity index (χ3v) is 8.60. The van der Waals surface area contributed by atoms with Crippen LogP contribution in [0.15, 0.2) is 30.5 Å². The van der Waals surface area contributed by atoms with Crippen molar-refractivity contribution >= 4 is 41.0 Å². The summed E-state index contributed by atoms with van der Waals surface area (Å²) in [7, 11) is 3.84. The Balaban J connectivity index is 1.10. The van der Waals surface area contributed by atoms with E-state index in [2.05, 4.69) is 10.2 Å². The first-order valence-electron chi connectivity index (χ1n) is 13.6. The molecule has 3 aliphatic rings. The lowest BCUT2D eigenvalue weighted by Gasteiger charge is -2.58. The van der Waals surface area contributed by atoms with Crippen LogP contribution in [0.3, 0.4) is 0 Å². The maximum absolute atomic E-state index is 14.5. The summed E-state index contributed by atoms with van der Waals surface area (Å²) in [5.41, 5.74) is 9.35. The van der Waals surface area contributed by atoms with Gasteiger partial charge >= 0.3 is 0 Å². The van der Waals surface area contributed by atoms with Crippen LogP contribution in [-0.2, 0) is 0 Å². The van der Waals surface area contributed by atoms with E-state index in [-0.39, 0.29) is 23.3 Å². The Morgan fingerprint density at radius 1 is 1.28 bits per heavy atom. The van der Waals surface area contributed by atoms with Crippen molar-refractivity contribution in [2.45, 2.75) is 38.2 Å². The zero-order valence-corrected chi connectivity index (χ0v) is 23.4.